The fourth-order valence-corrected chi connectivity index (χ4v) is 4.54. The number of hydrogen-bond acceptors (Lipinski definition) is 5. The maximum absolute atomic E-state index is 12.3. The van der Waals surface area contributed by atoms with Gasteiger partial charge >= 0.3 is 0 Å². The molecule has 2 amide bonds. The summed E-state index contributed by atoms with van der Waals surface area (Å²) in [4.78, 5) is 28.1. The van der Waals surface area contributed by atoms with Gasteiger partial charge in [0.1, 0.15) is 0 Å². The van der Waals surface area contributed by atoms with Crippen molar-refractivity contribution < 1.29 is 14.7 Å². The number of nitrogens with zero attached hydrogens (tertiary/aromatic N) is 1. The van der Waals surface area contributed by atoms with Crippen molar-refractivity contribution in [1.82, 2.24) is 15.5 Å². The Labute approximate surface area is 146 Å². The highest BCUT2D eigenvalue weighted by atomic mass is 32.1. The van der Waals surface area contributed by atoms with Crippen molar-refractivity contribution in [3.8, 4) is 0 Å². The fourth-order valence-electron chi connectivity index (χ4n) is 3.65. The molecule has 0 spiro atoms. The Morgan fingerprint density at radius 1 is 1.46 bits per heavy atom. The molecule has 2 heterocycles. The lowest BCUT2D eigenvalue weighted by atomic mass is 9.86. The molecule has 0 radical (unpaired) electrons. The Balaban J connectivity index is 1.57. The third kappa shape index (κ3) is 4.15. The number of hydrogen-bond donors (Lipinski definition) is 3. The summed E-state index contributed by atoms with van der Waals surface area (Å²) >= 11 is 1.63. The van der Waals surface area contributed by atoms with E-state index < -0.39 is 6.10 Å². The highest BCUT2D eigenvalue weighted by Crippen LogP contribution is 2.24. The number of aryl methyl sites for hydroxylation is 1. The first-order chi connectivity index (χ1) is 11.5. The number of nitrogens with one attached hydrogen (secondary N) is 2. The summed E-state index contributed by atoms with van der Waals surface area (Å²) in [5.41, 5.74) is 0. The van der Waals surface area contributed by atoms with E-state index in [0.717, 1.165) is 30.7 Å². The molecule has 2 fully saturated rings. The quantitative estimate of drug-likeness (QED) is 0.735. The van der Waals surface area contributed by atoms with Crippen LogP contribution in [0.5, 0.6) is 0 Å². The van der Waals surface area contributed by atoms with Crippen LogP contribution in [0.4, 0.5) is 0 Å². The van der Waals surface area contributed by atoms with Crippen molar-refractivity contribution in [1.29, 1.82) is 0 Å². The molecule has 3 N–H and O–H groups in total. The van der Waals surface area contributed by atoms with E-state index in [1.807, 2.05) is 24.0 Å². The van der Waals surface area contributed by atoms with Crippen molar-refractivity contribution in [3.63, 3.8) is 0 Å². The third-order valence-electron chi connectivity index (χ3n) is 4.84. The fraction of sp³-hybridized carbons (Fsp3) is 0.647. The normalized spacial score (nSPS) is 28.4. The van der Waals surface area contributed by atoms with Crippen LogP contribution in [0.1, 0.15) is 29.0 Å². The minimum Gasteiger partial charge on any atom is -0.389 e. The van der Waals surface area contributed by atoms with Crippen LogP contribution in [0.2, 0.25) is 0 Å². The van der Waals surface area contributed by atoms with Gasteiger partial charge in [-0.2, -0.15) is 0 Å². The van der Waals surface area contributed by atoms with E-state index in [2.05, 4.69) is 10.6 Å². The summed E-state index contributed by atoms with van der Waals surface area (Å²) in [7, 11) is 0. The van der Waals surface area contributed by atoms with E-state index in [4.69, 9.17) is 0 Å². The van der Waals surface area contributed by atoms with Crippen molar-refractivity contribution in [2.24, 2.45) is 0 Å². The highest BCUT2D eigenvalue weighted by molar-refractivity contribution is 7.12. The predicted octanol–water partition coefficient (Wildman–Crippen LogP) is 0.429. The first kappa shape index (κ1) is 17.4. The van der Waals surface area contributed by atoms with E-state index in [-0.39, 0.29) is 23.9 Å². The molecule has 3 rings (SSSR count). The van der Waals surface area contributed by atoms with Crippen molar-refractivity contribution in [3.05, 3.63) is 21.9 Å². The summed E-state index contributed by atoms with van der Waals surface area (Å²) in [5.74, 6) is -0.0365. The molecule has 7 heteroatoms. The van der Waals surface area contributed by atoms with E-state index in [1.54, 1.807) is 11.3 Å². The van der Waals surface area contributed by atoms with Gasteiger partial charge in [0.25, 0.3) is 0 Å². The molecule has 132 valence electrons. The molecule has 24 heavy (non-hydrogen) atoms. The molecule has 3 atom stereocenters. The molecule has 0 aromatic carbocycles. The van der Waals surface area contributed by atoms with E-state index >= 15 is 0 Å². The van der Waals surface area contributed by atoms with Crippen LogP contribution in [0.3, 0.4) is 0 Å². The molecule has 0 unspecified atom stereocenters. The Hall–Kier alpha value is -1.44. The van der Waals surface area contributed by atoms with Crippen molar-refractivity contribution >= 4 is 23.2 Å². The molecule has 0 bridgehead atoms. The highest BCUT2D eigenvalue weighted by Gasteiger charge is 2.37. The zero-order chi connectivity index (χ0) is 17.1. The summed E-state index contributed by atoms with van der Waals surface area (Å²) in [6, 6.07) is 3.70. The zero-order valence-electron chi connectivity index (χ0n) is 14.0. The monoisotopic (exact) mass is 351 g/mol. The van der Waals surface area contributed by atoms with Gasteiger partial charge in [0, 0.05) is 28.9 Å². The van der Waals surface area contributed by atoms with Gasteiger partial charge in [-0.15, -0.1) is 11.3 Å². The van der Waals surface area contributed by atoms with Gasteiger partial charge in [0.2, 0.25) is 11.8 Å². The lowest BCUT2D eigenvalue weighted by Crippen LogP contribution is -2.60. The van der Waals surface area contributed by atoms with E-state index in [1.165, 1.54) is 4.88 Å². The minimum atomic E-state index is -0.626. The first-order valence-corrected chi connectivity index (χ1v) is 9.38. The van der Waals surface area contributed by atoms with E-state index in [0.29, 0.717) is 19.5 Å². The Morgan fingerprint density at radius 3 is 3.00 bits per heavy atom. The number of rotatable bonds is 4. The summed E-state index contributed by atoms with van der Waals surface area (Å²) in [5, 5.41) is 16.5. The zero-order valence-corrected chi connectivity index (χ0v) is 14.8. The minimum absolute atomic E-state index is 0.00711. The van der Waals surface area contributed by atoms with Crippen LogP contribution in [0, 0.1) is 6.92 Å². The Kier molecular flexibility index (Phi) is 5.53. The van der Waals surface area contributed by atoms with E-state index in [9.17, 15) is 14.7 Å². The third-order valence-corrected chi connectivity index (χ3v) is 5.84. The van der Waals surface area contributed by atoms with Gasteiger partial charge in [0.05, 0.1) is 25.1 Å². The predicted molar refractivity (Wildman–Crippen MR) is 92.9 cm³/mol. The molecule has 6 nitrogen and oxygen atoms in total. The second kappa shape index (κ2) is 7.63. The largest absolute Gasteiger partial charge is 0.389 e. The molecular formula is C17H25N3O3S. The van der Waals surface area contributed by atoms with Crippen LogP contribution in [-0.2, 0) is 16.0 Å². The summed E-state index contributed by atoms with van der Waals surface area (Å²) in [6.07, 6.45) is 2.33. The van der Waals surface area contributed by atoms with Gasteiger partial charge < -0.3 is 15.7 Å². The van der Waals surface area contributed by atoms with Gasteiger partial charge in [-0.25, -0.2) is 0 Å². The standard InChI is InChI=1S/C17H25N3O3S/c1-11-5-6-12(24-11)9-15(21)19-13-3-2-4-14(17(13)23)20-8-7-18-16(22)10-20/h5-6,13-14,17,23H,2-4,7-10H2,1H3,(H,18,22)(H,19,21)/t13-,14-,17-/m1/s1. The number of piperazine rings is 1. The van der Waals surface area contributed by atoms with Crippen LogP contribution in [0.25, 0.3) is 0 Å². The van der Waals surface area contributed by atoms with Gasteiger partial charge in [-0.1, -0.05) is 0 Å². The maximum Gasteiger partial charge on any atom is 0.234 e. The maximum atomic E-state index is 12.3. The van der Waals surface area contributed by atoms with Crippen LogP contribution in [0.15, 0.2) is 12.1 Å². The summed E-state index contributed by atoms with van der Waals surface area (Å²) < 4.78 is 0. The van der Waals surface area contributed by atoms with Gasteiger partial charge in [0.15, 0.2) is 0 Å². The molecule has 1 aliphatic carbocycles. The molecule has 1 aromatic heterocycles. The molecule has 1 aliphatic heterocycles. The van der Waals surface area contributed by atoms with Crippen molar-refractivity contribution in [2.75, 3.05) is 19.6 Å². The number of carbonyl (C=O) groups excluding carboxylic acids is 2. The van der Waals surface area contributed by atoms with Gasteiger partial charge in [-0.3, -0.25) is 14.5 Å². The van der Waals surface area contributed by atoms with Crippen LogP contribution in [-0.4, -0.2) is 59.6 Å². The lowest BCUT2D eigenvalue weighted by molar-refractivity contribution is -0.128. The number of thiophene rings is 1. The number of aliphatic hydroxyl groups is 1. The molecule has 2 aliphatic rings. The Bertz CT molecular complexity index is 604. The van der Waals surface area contributed by atoms with Crippen molar-refractivity contribution in [2.45, 2.75) is 50.8 Å². The summed E-state index contributed by atoms with van der Waals surface area (Å²) in [6.45, 7) is 3.73. The second-order valence-electron chi connectivity index (χ2n) is 6.67. The topological polar surface area (TPSA) is 81.7 Å². The number of amides is 2. The first-order valence-electron chi connectivity index (χ1n) is 8.56. The molecule has 1 aromatic rings. The number of carbonyl (C=O) groups is 2. The Morgan fingerprint density at radius 2 is 2.29 bits per heavy atom. The molecule has 1 saturated carbocycles. The average Bonchev–Trinajstić information content (AvgIpc) is 2.94. The SMILES string of the molecule is Cc1ccc(CC(=O)N[C@@H]2CCC[C@@H](N3CCNC(=O)C3)[C@@H]2O)s1. The van der Waals surface area contributed by atoms with Crippen LogP contribution < -0.4 is 10.6 Å². The smallest absolute Gasteiger partial charge is 0.234 e. The molecular weight excluding hydrogens is 326 g/mol. The van der Waals surface area contributed by atoms with Gasteiger partial charge in [-0.05, 0) is 38.3 Å². The number of aliphatic hydroxyl groups excluding tert-OH is 1. The van der Waals surface area contributed by atoms with Crippen LogP contribution >= 0.6 is 11.3 Å². The average molecular weight is 351 g/mol. The second-order valence-corrected chi connectivity index (χ2v) is 8.04. The lowest BCUT2D eigenvalue weighted by Gasteiger charge is -2.42. The molecule has 1 saturated heterocycles.